The third kappa shape index (κ3) is 3.14. The highest BCUT2D eigenvalue weighted by molar-refractivity contribution is 4.69. The normalized spacial score (nSPS) is 30.5. The molecule has 1 aliphatic heterocycles. The highest BCUT2D eigenvalue weighted by Gasteiger charge is 2.20. The van der Waals surface area contributed by atoms with Crippen molar-refractivity contribution in [3.05, 3.63) is 0 Å². The van der Waals surface area contributed by atoms with Gasteiger partial charge in [-0.15, -0.1) is 0 Å². The maximum absolute atomic E-state index is 5.58. The van der Waals surface area contributed by atoms with Gasteiger partial charge in [0.1, 0.15) is 0 Å². The molecule has 0 spiro atoms. The summed E-state index contributed by atoms with van der Waals surface area (Å²) in [5.41, 5.74) is 0. The Morgan fingerprint density at radius 2 is 1.92 bits per heavy atom. The molecule has 1 saturated heterocycles. The summed E-state index contributed by atoms with van der Waals surface area (Å²) >= 11 is 0. The van der Waals surface area contributed by atoms with Crippen molar-refractivity contribution in [3.63, 3.8) is 0 Å². The molecular weight excluding hydrogens is 148 g/mol. The Labute approximate surface area is 76.5 Å². The number of unbranched alkanes of at least 4 members (excludes halogenated alkanes) is 1. The first-order valence-electron chi connectivity index (χ1n) is 5.44. The third-order valence-corrected chi connectivity index (χ3v) is 2.92. The van der Waals surface area contributed by atoms with Crippen LogP contribution in [0.25, 0.3) is 0 Å². The Kier molecular flexibility index (Phi) is 4.67. The van der Waals surface area contributed by atoms with E-state index < -0.39 is 0 Å². The van der Waals surface area contributed by atoms with E-state index in [0.717, 1.165) is 25.0 Å². The number of ether oxygens (including phenoxy) is 1. The lowest BCUT2D eigenvalue weighted by molar-refractivity contribution is 0.0106. The fourth-order valence-electron chi connectivity index (χ4n) is 1.99. The van der Waals surface area contributed by atoms with E-state index in [1.54, 1.807) is 0 Å². The SMILES string of the molecule is CCCCC1COCC(CC)C1. The van der Waals surface area contributed by atoms with Gasteiger partial charge in [0.25, 0.3) is 0 Å². The minimum absolute atomic E-state index is 0.848. The van der Waals surface area contributed by atoms with Crippen molar-refractivity contribution in [2.24, 2.45) is 11.8 Å². The van der Waals surface area contributed by atoms with Crippen molar-refractivity contribution in [2.75, 3.05) is 13.2 Å². The first kappa shape index (κ1) is 10.0. The van der Waals surface area contributed by atoms with Crippen molar-refractivity contribution >= 4 is 0 Å². The molecule has 1 fully saturated rings. The van der Waals surface area contributed by atoms with Gasteiger partial charge in [0.05, 0.1) is 0 Å². The molecule has 0 aromatic heterocycles. The molecule has 0 aromatic rings. The topological polar surface area (TPSA) is 9.23 Å². The minimum Gasteiger partial charge on any atom is -0.381 e. The summed E-state index contributed by atoms with van der Waals surface area (Å²) in [5.74, 6) is 1.71. The lowest BCUT2D eigenvalue weighted by Gasteiger charge is -2.28. The van der Waals surface area contributed by atoms with Crippen molar-refractivity contribution in [1.29, 1.82) is 0 Å². The Morgan fingerprint density at radius 3 is 2.58 bits per heavy atom. The molecule has 1 heterocycles. The molecule has 2 atom stereocenters. The van der Waals surface area contributed by atoms with E-state index in [9.17, 15) is 0 Å². The second kappa shape index (κ2) is 5.58. The van der Waals surface area contributed by atoms with Gasteiger partial charge in [-0.3, -0.25) is 0 Å². The van der Waals surface area contributed by atoms with Crippen LogP contribution in [0.4, 0.5) is 0 Å². The maximum Gasteiger partial charge on any atom is 0.0494 e. The largest absolute Gasteiger partial charge is 0.381 e. The van der Waals surface area contributed by atoms with Crippen molar-refractivity contribution in [2.45, 2.75) is 46.0 Å². The summed E-state index contributed by atoms with van der Waals surface area (Å²) in [5, 5.41) is 0. The van der Waals surface area contributed by atoms with E-state index in [1.807, 2.05) is 0 Å². The zero-order chi connectivity index (χ0) is 8.81. The monoisotopic (exact) mass is 170 g/mol. The molecule has 0 amide bonds. The highest BCUT2D eigenvalue weighted by Crippen LogP contribution is 2.25. The molecule has 0 saturated carbocycles. The van der Waals surface area contributed by atoms with Gasteiger partial charge < -0.3 is 4.74 Å². The van der Waals surface area contributed by atoms with Gasteiger partial charge in [-0.2, -0.15) is 0 Å². The van der Waals surface area contributed by atoms with Crippen LogP contribution in [0.1, 0.15) is 46.0 Å². The van der Waals surface area contributed by atoms with E-state index in [1.165, 1.54) is 32.1 Å². The first-order chi connectivity index (χ1) is 5.86. The average Bonchev–Trinajstić information content (AvgIpc) is 2.15. The lowest BCUT2D eigenvalue weighted by Crippen LogP contribution is -2.25. The van der Waals surface area contributed by atoms with E-state index in [2.05, 4.69) is 13.8 Å². The van der Waals surface area contributed by atoms with E-state index >= 15 is 0 Å². The molecule has 0 bridgehead atoms. The van der Waals surface area contributed by atoms with Gasteiger partial charge in [0.2, 0.25) is 0 Å². The molecule has 0 aromatic carbocycles. The van der Waals surface area contributed by atoms with Crippen molar-refractivity contribution in [3.8, 4) is 0 Å². The van der Waals surface area contributed by atoms with Crippen LogP contribution in [0, 0.1) is 11.8 Å². The molecule has 1 rings (SSSR count). The summed E-state index contributed by atoms with van der Waals surface area (Å²) in [7, 11) is 0. The van der Waals surface area contributed by atoms with Crippen LogP contribution in [0.3, 0.4) is 0 Å². The van der Waals surface area contributed by atoms with E-state index in [-0.39, 0.29) is 0 Å². The molecule has 1 nitrogen and oxygen atoms in total. The predicted molar refractivity (Wildman–Crippen MR) is 52.2 cm³/mol. The zero-order valence-electron chi connectivity index (χ0n) is 8.51. The second-order valence-corrected chi connectivity index (χ2v) is 4.06. The van der Waals surface area contributed by atoms with E-state index in [0.29, 0.717) is 0 Å². The highest BCUT2D eigenvalue weighted by atomic mass is 16.5. The number of hydrogen-bond acceptors (Lipinski definition) is 1. The smallest absolute Gasteiger partial charge is 0.0494 e. The molecule has 12 heavy (non-hydrogen) atoms. The molecule has 0 aliphatic carbocycles. The van der Waals surface area contributed by atoms with Gasteiger partial charge in [-0.1, -0.05) is 33.1 Å². The molecule has 0 N–H and O–H groups in total. The van der Waals surface area contributed by atoms with Crippen molar-refractivity contribution in [1.82, 2.24) is 0 Å². The van der Waals surface area contributed by atoms with Gasteiger partial charge in [0.15, 0.2) is 0 Å². The average molecular weight is 170 g/mol. The quantitative estimate of drug-likeness (QED) is 0.629. The van der Waals surface area contributed by atoms with Crippen LogP contribution in [0.15, 0.2) is 0 Å². The van der Waals surface area contributed by atoms with Gasteiger partial charge in [-0.05, 0) is 24.7 Å². The molecule has 2 unspecified atom stereocenters. The van der Waals surface area contributed by atoms with Gasteiger partial charge in [0, 0.05) is 13.2 Å². The number of hydrogen-bond donors (Lipinski definition) is 0. The zero-order valence-corrected chi connectivity index (χ0v) is 8.51. The Morgan fingerprint density at radius 1 is 1.17 bits per heavy atom. The second-order valence-electron chi connectivity index (χ2n) is 4.06. The Balaban J connectivity index is 2.16. The van der Waals surface area contributed by atoms with Gasteiger partial charge >= 0.3 is 0 Å². The first-order valence-corrected chi connectivity index (χ1v) is 5.44. The van der Waals surface area contributed by atoms with Crippen LogP contribution in [0.2, 0.25) is 0 Å². The fourth-order valence-corrected chi connectivity index (χ4v) is 1.99. The fraction of sp³-hybridized carbons (Fsp3) is 1.00. The van der Waals surface area contributed by atoms with Crippen LogP contribution < -0.4 is 0 Å². The summed E-state index contributed by atoms with van der Waals surface area (Å²) in [6, 6.07) is 0. The molecular formula is C11H22O. The summed E-state index contributed by atoms with van der Waals surface area (Å²) in [6.07, 6.45) is 6.80. The Hall–Kier alpha value is -0.0400. The lowest BCUT2D eigenvalue weighted by atomic mass is 9.88. The third-order valence-electron chi connectivity index (χ3n) is 2.92. The molecule has 1 heteroatoms. The van der Waals surface area contributed by atoms with Crippen LogP contribution in [-0.4, -0.2) is 13.2 Å². The van der Waals surface area contributed by atoms with Gasteiger partial charge in [-0.25, -0.2) is 0 Å². The summed E-state index contributed by atoms with van der Waals surface area (Å²) in [4.78, 5) is 0. The molecule has 72 valence electrons. The molecule has 0 radical (unpaired) electrons. The van der Waals surface area contributed by atoms with Crippen LogP contribution in [0.5, 0.6) is 0 Å². The molecule has 1 aliphatic rings. The van der Waals surface area contributed by atoms with Crippen LogP contribution in [-0.2, 0) is 4.74 Å². The van der Waals surface area contributed by atoms with Crippen molar-refractivity contribution < 1.29 is 4.74 Å². The minimum atomic E-state index is 0.848. The predicted octanol–water partition coefficient (Wildman–Crippen LogP) is 3.24. The van der Waals surface area contributed by atoms with E-state index in [4.69, 9.17) is 4.74 Å². The maximum atomic E-state index is 5.58. The number of rotatable bonds is 4. The Bertz CT molecular complexity index is 112. The summed E-state index contributed by atoms with van der Waals surface area (Å²) < 4.78 is 5.58. The summed E-state index contributed by atoms with van der Waals surface area (Å²) in [6.45, 7) is 6.58. The van der Waals surface area contributed by atoms with Crippen LogP contribution >= 0.6 is 0 Å². The standard InChI is InChI=1S/C11H22O/c1-3-5-6-11-7-10(4-2)8-12-9-11/h10-11H,3-9H2,1-2H3.